The molecule has 0 aliphatic heterocycles. The zero-order chi connectivity index (χ0) is 22.9. The highest BCUT2D eigenvalue weighted by Crippen LogP contribution is 2.44. The second kappa shape index (κ2) is 8.89. The molecular weight excluding hydrogens is 420 g/mol. The van der Waals surface area contributed by atoms with Gasteiger partial charge in [-0.05, 0) is 53.9 Å². The molecule has 5 rings (SSSR count). The average molecular weight is 449 g/mol. The summed E-state index contributed by atoms with van der Waals surface area (Å²) in [6.07, 6.45) is 2.18. The number of carbonyl (C=O) groups excluding carboxylic acids is 2. The van der Waals surface area contributed by atoms with Crippen LogP contribution < -0.4 is 10.6 Å². The van der Waals surface area contributed by atoms with Crippen LogP contribution in [0.15, 0.2) is 48.5 Å². The monoisotopic (exact) mass is 448 g/mol. The van der Waals surface area contributed by atoms with Crippen LogP contribution in [0.3, 0.4) is 0 Å². The van der Waals surface area contributed by atoms with Gasteiger partial charge in [0, 0.05) is 24.4 Å². The molecule has 0 aromatic heterocycles. The quantitative estimate of drug-likeness (QED) is 0.601. The number of alkyl carbamates (subject to hydrolysis) is 1. The van der Waals surface area contributed by atoms with E-state index in [-0.39, 0.29) is 42.2 Å². The summed E-state index contributed by atoms with van der Waals surface area (Å²) in [5.41, 5.74) is 4.72. The summed E-state index contributed by atoms with van der Waals surface area (Å²) < 4.78 is 5.61. The Balaban J connectivity index is 1.09. The van der Waals surface area contributed by atoms with Gasteiger partial charge >= 0.3 is 12.1 Å². The lowest BCUT2D eigenvalue weighted by atomic mass is 9.98. The van der Waals surface area contributed by atoms with Crippen LogP contribution in [-0.4, -0.2) is 42.3 Å². The standard InChI is InChI=1S/C26H28N2O5/c29-24(27-13-16-12-22(16)25(30)31)15-9-10-17(11-15)28-26(32)33-14-23-20-7-3-1-5-18(20)19-6-2-4-8-21(19)23/h1-8,15-17,22-23H,9-14H2,(H,27,29)(H,28,32)(H,30,31)/t15?,16-,17?,22-/m0/s1. The van der Waals surface area contributed by atoms with Crippen molar-refractivity contribution in [1.82, 2.24) is 10.6 Å². The number of hydrogen-bond acceptors (Lipinski definition) is 4. The molecular formula is C26H28N2O5. The van der Waals surface area contributed by atoms with E-state index in [2.05, 4.69) is 34.9 Å². The molecule has 2 amide bonds. The highest BCUT2D eigenvalue weighted by atomic mass is 16.5. The van der Waals surface area contributed by atoms with E-state index in [4.69, 9.17) is 9.84 Å². The van der Waals surface area contributed by atoms with Crippen molar-refractivity contribution in [2.45, 2.75) is 37.6 Å². The first-order valence-corrected chi connectivity index (χ1v) is 11.6. The predicted molar refractivity (Wildman–Crippen MR) is 122 cm³/mol. The fourth-order valence-corrected chi connectivity index (χ4v) is 5.31. The third-order valence-electron chi connectivity index (χ3n) is 7.25. The first-order valence-electron chi connectivity index (χ1n) is 11.6. The van der Waals surface area contributed by atoms with E-state index in [0.29, 0.717) is 25.8 Å². The molecule has 3 N–H and O–H groups in total. The molecule has 0 radical (unpaired) electrons. The molecule has 2 saturated carbocycles. The summed E-state index contributed by atoms with van der Waals surface area (Å²) >= 11 is 0. The maximum Gasteiger partial charge on any atom is 0.407 e. The Kier molecular flexibility index (Phi) is 5.79. The van der Waals surface area contributed by atoms with Crippen molar-refractivity contribution in [2.24, 2.45) is 17.8 Å². The number of ether oxygens (including phenoxy) is 1. The first-order chi connectivity index (χ1) is 16.0. The number of carboxylic acids is 1. The molecule has 2 fully saturated rings. The highest BCUT2D eigenvalue weighted by molar-refractivity contribution is 5.80. The fraction of sp³-hybridized carbons (Fsp3) is 0.423. The topological polar surface area (TPSA) is 105 Å². The summed E-state index contributed by atoms with van der Waals surface area (Å²) in [5, 5.41) is 14.8. The van der Waals surface area contributed by atoms with Crippen LogP contribution in [0.2, 0.25) is 0 Å². The maximum atomic E-state index is 12.5. The summed E-state index contributed by atoms with van der Waals surface area (Å²) in [6.45, 7) is 0.680. The van der Waals surface area contributed by atoms with Crippen molar-refractivity contribution in [3.63, 3.8) is 0 Å². The fourth-order valence-electron chi connectivity index (χ4n) is 5.31. The van der Waals surface area contributed by atoms with Gasteiger partial charge in [0.15, 0.2) is 0 Å². The second-order valence-electron chi connectivity index (χ2n) is 9.36. The molecule has 7 heteroatoms. The SMILES string of the molecule is O=C(NC1CCC(C(=O)NC[C@@H]2C[C@@H]2C(=O)O)C1)OCC1c2ccccc2-c2ccccc21. The van der Waals surface area contributed by atoms with E-state index in [9.17, 15) is 14.4 Å². The first kappa shape index (κ1) is 21.5. The summed E-state index contributed by atoms with van der Waals surface area (Å²) in [5.74, 6) is -1.27. The molecule has 0 bridgehead atoms. The van der Waals surface area contributed by atoms with Crippen molar-refractivity contribution in [1.29, 1.82) is 0 Å². The third kappa shape index (κ3) is 4.45. The highest BCUT2D eigenvalue weighted by Gasteiger charge is 2.43. The van der Waals surface area contributed by atoms with Gasteiger partial charge in [-0.1, -0.05) is 48.5 Å². The van der Waals surface area contributed by atoms with E-state index in [0.717, 1.165) is 6.42 Å². The van der Waals surface area contributed by atoms with Crippen LogP contribution in [-0.2, 0) is 14.3 Å². The van der Waals surface area contributed by atoms with Gasteiger partial charge < -0.3 is 20.5 Å². The number of aliphatic carboxylic acids is 1. The zero-order valence-electron chi connectivity index (χ0n) is 18.3. The van der Waals surface area contributed by atoms with Gasteiger partial charge in [0.2, 0.25) is 5.91 Å². The number of nitrogens with one attached hydrogen (secondary N) is 2. The maximum absolute atomic E-state index is 12.5. The van der Waals surface area contributed by atoms with E-state index in [1.807, 2.05) is 24.3 Å². The van der Waals surface area contributed by atoms with E-state index in [1.54, 1.807) is 0 Å². The van der Waals surface area contributed by atoms with Crippen molar-refractivity contribution in [3.05, 3.63) is 59.7 Å². The third-order valence-corrected chi connectivity index (χ3v) is 7.25. The number of carbonyl (C=O) groups is 3. The average Bonchev–Trinajstić information content (AvgIpc) is 3.35. The van der Waals surface area contributed by atoms with Gasteiger partial charge in [-0.15, -0.1) is 0 Å². The predicted octanol–water partition coefficient (Wildman–Crippen LogP) is 3.53. The number of rotatable bonds is 7. The van der Waals surface area contributed by atoms with Crippen molar-refractivity contribution in [2.75, 3.05) is 13.2 Å². The molecule has 0 heterocycles. The Bertz CT molecular complexity index is 1040. The van der Waals surface area contributed by atoms with E-state index < -0.39 is 12.1 Å². The van der Waals surface area contributed by atoms with Gasteiger partial charge in [-0.2, -0.15) is 0 Å². The van der Waals surface area contributed by atoms with Gasteiger partial charge in [0.05, 0.1) is 5.92 Å². The number of carboxylic acid groups (broad SMARTS) is 1. The van der Waals surface area contributed by atoms with Crippen LogP contribution in [0, 0.1) is 17.8 Å². The Labute approximate surface area is 192 Å². The summed E-state index contributed by atoms with van der Waals surface area (Å²) in [4.78, 5) is 35.8. The molecule has 4 atom stereocenters. The summed E-state index contributed by atoms with van der Waals surface area (Å²) in [6, 6.07) is 16.3. The molecule has 2 aromatic rings. The smallest absolute Gasteiger partial charge is 0.407 e. The van der Waals surface area contributed by atoms with Crippen molar-refractivity contribution in [3.8, 4) is 11.1 Å². The molecule has 33 heavy (non-hydrogen) atoms. The Morgan fingerprint density at radius 2 is 1.61 bits per heavy atom. The number of amides is 2. The normalized spacial score (nSPS) is 25.1. The molecule has 2 aromatic carbocycles. The molecule has 2 unspecified atom stereocenters. The number of fused-ring (bicyclic) bond motifs is 3. The Morgan fingerprint density at radius 3 is 2.24 bits per heavy atom. The lowest BCUT2D eigenvalue weighted by Crippen LogP contribution is -2.36. The molecule has 0 saturated heterocycles. The molecule has 3 aliphatic rings. The minimum absolute atomic E-state index is 0.0160. The van der Waals surface area contributed by atoms with Gasteiger partial charge in [0.25, 0.3) is 0 Å². The number of benzene rings is 2. The van der Waals surface area contributed by atoms with Crippen LogP contribution in [0.4, 0.5) is 4.79 Å². The zero-order valence-corrected chi connectivity index (χ0v) is 18.3. The Morgan fingerprint density at radius 1 is 0.939 bits per heavy atom. The lowest BCUT2D eigenvalue weighted by molar-refractivity contribution is -0.139. The number of hydrogen-bond donors (Lipinski definition) is 3. The van der Waals surface area contributed by atoms with Crippen molar-refractivity contribution >= 4 is 18.0 Å². The van der Waals surface area contributed by atoms with Crippen molar-refractivity contribution < 1.29 is 24.2 Å². The molecule has 172 valence electrons. The van der Waals surface area contributed by atoms with Gasteiger partial charge in [-0.3, -0.25) is 9.59 Å². The van der Waals surface area contributed by atoms with Crippen LogP contribution in [0.5, 0.6) is 0 Å². The largest absolute Gasteiger partial charge is 0.481 e. The Hall–Kier alpha value is -3.35. The molecule has 3 aliphatic carbocycles. The van der Waals surface area contributed by atoms with Crippen LogP contribution in [0.25, 0.3) is 11.1 Å². The minimum Gasteiger partial charge on any atom is -0.481 e. The minimum atomic E-state index is -0.789. The van der Waals surface area contributed by atoms with Gasteiger partial charge in [0.1, 0.15) is 6.61 Å². The van der Waals surface area contributed by atoms with Gasteiger partial charge in [-0.25, -0.2) is 4.79 Å². The molecule has 0 spiro atoms. The van der Waals surface area contributed by atoms with Crippen LogP contribution in [0.1, 0.15) is 42.7 Å². The van der Waals surface area contributed by atoms with E-state index in [1.165, 1.54) is 22.3 Å². The second-order valence-corrected chi connectivity index (χ2v) is 9.36. The van der Waals surface area contributed by atoms with E-state index >= 15 is 0 Å². The molecule has 7 nitrogen and oxygen atoms in total. The summed E-state index contributed by atoms with van der Waals surface area (Å²) in [7, 11) is 0. The lowest BCUT2D eigenvalue weighted by Gasteiger charge is -2.17. The van der Waals surface area contributed by atoms with Crippen LogP contribution >= 0.6 is 0 Å².